The van der Waals surface area contributed by atoms with E-state index in [1.165, 1.54) is 77.0 Å². The summed E-state index contributed by atoms with van der Waals surface area (Å²) in [4.78, 5) is 25.1. The molecule has 13 heteroatoms. The number of carbonyl (C=O) groups excluding carboxylic acids is 2. The van der Waals surface area contributed by atoms with Gasteiger partial charge >= 0.3 is 11.9 Å². The highest BCUT2D eigenvalue weighted by Gasteiger charge is 2.46. The molecule has 1 heterocycles. The number of hydrogen-bond acceptors (Lipinski definition) is 11. The van der Waals surface area contributed by atoms with Crippen LogP contribution in [0.2, 0.25) is 0 Å². The molecule has 0 aromatic rings. The van der Waals surface area contributed by atoms with Gasteiger partial charge in [0.1, 0.15) is 36.8 Å². The molecule has 0 saturated carbocycles. The van der Waals surface area contributed by atoms with Crippen molar-refractivity contribution in [1.29, 1.82) is 0 Å². The number of rotatable bonds is 32. The number of ether oxygens (including phenoxy) is 4. The Kier molecular flexibility index (Phi) is 27.7. The molecule has 51 heavy (non-hydrogen) atoms. The molecule has 1 aliphatic rings. The van der Waals surface area contributed by atoms with E-state index in [0.29, 0.717) is 12.8 Å². The maximum Gasteiger partial charge on any atom is 0.306 e. The molecule has 0 radical (unpaired) electrons. The van der Waals surface area contributed by atoms with Gasteiger partial charge in [0.25, 0.3) is 10.1 Å². The van der Waals surface area contributed by atoms with Crippen LogP contribution in [0.3, 0.4) is 0 Å². The zero-order valence-electron chi connectivity index (χ0n) is 31.5. The third kappa shape index (κ3) is 25.1. The average molecular weight is 751 g/mol. The van der Waals surface area contributed by atoms with Gasteiger partial charge in [-0.15, -0.1) is 0 Å². The highest BCUT2D eigenvalue weighted by atomic mass is 32.2. The van der Waals surface area contributed by atoms with Crippen LogP contribution in [0.5, 0.6) is 0 Å². The maximum atomic E-state index is 12.7. The van der Waals surface area contributed by atoms with Crippen LogP contribution < -0.4 is 0 Å². The molecule has 0 spiro atoms. The minimum atomic E-state index is -4.59. The number of esters is 2. The first-order valence-corrected chi connectivity index (χ1v) is 21.4. The van der Waals surface area contributed by atoms with Crippen molar-refractivity contribution in [1.82, 2.24) is 0 Å². The second-order valence-electron chi connectivity index (χ2n) is 14.0. The van der Waals surface area contributed by atoms with E-state index in [4.69, 9.17) is 18.9 Å². The van der Waals surface area contributed by atoms with Gasteiger partial charge < -0.3 is 34.3 Å². The van der Waals surface area contributed by atoms with Crippen molar-refractivity contribution in [2.45, 2.75) is 198 Å². The second-order valence-corrected chi connectivity index (χ2v) is 15.4. The van der Waals surface area contributed by atoms with Crippen LogP contribution in [0.25, 0.3) is 0 Å². The number of hydrogen-bond donors (Lipinski definition) is 4. The van der Waals surface area contributed by atoms with Crippen LogP contribution in [0.4, 0.5) is 0 Å². The third-order valence-electron chi connectivity index (χ3n) is 9.10. The summed E-state index contributed by atoms with van der Waals surface area (Å²) in [6, 6.07) is 0. The molecule has 1 aliphatic heterocycles. The summed E-state index contributed by atoms with van der Waals surface area (Å²) in [6.45, 7) is 3.68. The number of carbonyl (C=O) groups is 2. The van der Waals surface area contributed by atoms with Crippen LogP contribution >= 0.6 is 0 Å². The van der Waals surface area contributed by atoms with E-state index >= 15 is 0 Å². The van der Waals surface area contributed by atoms with Crippen LogP contribution in [0.1, 0.15) is 162 Å². The summed E-state index contributed by atoms with van der Waals surface area (Å²) in [5, 5.41) is 30.7. The van der Waals surface area contributed by atoms with Gasteiger partial charge in [-0.2, -0.15) is 8.42 Å². The van der Waals surface area contributed by atoms with Crippen molar-refractivity contribution < 1.29 is 56.8 Å². The Bertz CT molecular complexity index is 1020. The highest BCUT2D eigenvalue weighted by molar-refractivity contribution is 7.85. The van der Waals surface area contributed by atoms with Gasteiger partial charge in [0.2, 0.25) is 0 Å². The van der Waals surface area contributed by atoms with E-state index in [-0.39, 0.29) is 19.4 Å². The summed E-state index contributed by atoms with van der Waals surface area (Å²) < 4.78 is 53.7. The van der Waals surface area contributed by atoms with E-state index in [2.05, 4.69) is 26.0 Å². The van der Waals surface area contributed by atoms with Crippen LogP contribution in [-0.2, 0) is 38.7 Å². The molecule has 1 fully saturated rings. The van der Waals surface area contributed by atoms with Crippen molar-refractivity contribution in [2.75, 3.05) is 19.0 Å². The fraction of sp³-hybridized carbons (Fsp3) is 0.895. The maximum absolute atomic E-state index is 12.7. The molecule has 0 aromatic heterocycles. The van der Waals surface area contributed by atoms with E-state index in [1.807, 2.05) is 0 Å². The number of aliphatic hydroxyl groups excluding tert-OH is 3. The first-order chi connectivity index (χ1) is 24.5. The topological polar surface area (TPSA) is 186 Å². The van der Waals surface area contributed by atoms with Gasteiger partial charge in [0.15, 0.2) is 12.4 Å². The van der Waals surface area contributed by atoms with Crippen molar-refractivity contribution in [3.63, 3.8) is 0 Å². The van der Waals surface area contributed by atoms with Crippen molar-refractivity contribution in [2.24, 2.45) is 0 Å². The Balaban J connectivity index is 2.51. The molecule has 1 rings (SSSR count). The predicted octanol–water partition coefficient (Wildman–Crippen LogP) is 6.72. The lowest BCUT2D eigenvalue weighted by molar-refractivity contribution is -0.297. The van der Waals surface area contributed by atoms with Crippen LogP contribution in [0.15, 0.2) is 12.2 Å². The van der Waals surface area contributed by atoms with Crippen LogP contribution in [0, 0.1) is 0 Å². The van der Waals surface area contributed by atoms with E-state index in [0.717, 1.165) is 44.9 Å². The molecule has 0 aliphatic carbocycles. The minimum Gasteiger partial charge on any atom is -0.462 e. The largest absolute Gasteiger partial charge is 0.462 e. The summed E-state index contributed by atoms with van der Waals surface area (Å²) in [7, 11) is -4.59. The van der Waals surface area contributed by atoms with Crippen molar-refractivity contribution in [3.05, 3.63) is 12.2 Å². The quantitative estimate of drug-likeness (QED) is 0.0247. The van der Waals surface area contributed by atoms with Gasteiger partial charge in [-0.1, -0.05) is 122 Å². The molecule has 0 aromatic carbocycles. The number of unbranched alkanes of at least 4 members (excludes halogenated alkanes) is 18. The normalized spacial score (nSPS) is 21.6. The molecule has 1 saturated heterocycles. The lowest BCUT2D eigenvalue weighted by atomic mass is 10.00. The Morgan fingerprint density at radius 3 is 1.65 bits per heavy atom. The summed E-state index contributed by atoms with van der Waals surface area (Å²) in [5.74, 6) is -2.00. The van der Waals surface area contributed by atoms with Crippen molar-refractivity contribution >= 4 is 22.1 Å². The number of allylic oxidation sites excluding steroid dienone is 2. The summed E-state index contributed by atoms with van der Waals surface area (Å²) in [5.41, 5.74) is 0. The molecular weight excluding hydrogens is 680 g/mol. The SMILES string of the molecule is CCCCCCCCCC/C=C/CCCCCC(=O)O[C@H](COC(=O)CCCCCCCCCC)CO[C@H]1O[C@H](CS(=O)(=O)O)[C@@H](O)C(O)C1O. The van der Waals surface area contributed by atoms with Crippen LogP contribution in [-0.4, -0.2) is 96.0 Å². The smallest absolute Gasteiger partial charge is 0.306 e. The van der Waals surface area contributed by atoms with Gasteiger partial charge in [-0.25, -0.2) is 0 Å². The average Bonchev–Trinajstić information content (AvgIpc) is 3.09. The lowest BCUT2D eigenvalue weighted by Crippen LogP contribution is -2.60. The van der Waals surface area contributed by atoms with E-state index < -0.39 is 71.2 Å². The minimum absolute atomic E-state index is 0.147. The zero-order chi connectivity index (χ0) is 37.7. The Morgan fingerprint density at radius 1 is 0.647 bits per heavy atom. The van der Waals surface area contributed by atoms with Gasteiger partial charge in [-0.3, -0.25) is 14.1 Å². The molecule has 4 N–H and O–H groups in total. The number of aliphatic hydroxyl groups is 3. The molecular formula is C38H70O12S. The lowest BCUT2D eigenvalue weighted by Gasteiger charge is -2.40. The van der Waals surface area contributed by atoms with E-state index in [9.17, 15) is 37.9 Å². The Hall–Kier alpha value is -1.61. The molecule has 0 amide bonds. The predicted molar refractivity (Wildman–Crippen MR) is 197 cm³/mol. The molecule has 0 bridgehead atoms. The Morgan fingerprint density at radius 2 is 1.12 bits per heavy atom. The first kappa shape index (κ1) is 47.4. The fourth-order valence-corrected chi connectivity index (χ4v) is 6.65. The standard InChI is InChI=1S/C38H70O12S/c1-3-5-7-9-11-13-14-15-16-17-18-19-21-23-25-27-34(40)49-31(28-47-33(39)26-24-22-20-12-10-8-6-4-2)29-48-38-37(43)36(42)35(41)32(50-38)30-51(44,45)46/h17-18,31-32,35-38,41-43H,3-16,19-30H2,1-2H3,(H,44,45,46)/b18-17+/t31-,32-,35-,36?,37?,38+/m1/s1. The van der Waals surface area contributed by atoms with E-state index in [1.54, 1.807) is 0 Å². The fourth-order valence-electron chi connectivity index (χ4n) is 5.96. The zero-order valence-corrected chi connectivity index (χ0v) is 32.3. The van der Waals surface area contributed by atoms with Gasteiger partial charge in [-0.05, 0) is 38.5 Å². The third-order valence-corrected chi connectivity index (χ3v) is 9.85. The molecule has 12 nitrogen and oxygen atoms in total. The first-order valence-electron chi connectivity index (χ1n) is 19.7. The summed E-state index contributed by atoms with van der Waals surface area (Å²) >= 11 is 0. The van der Waals surface area contributed by atoms with Gasteiger partial charge in [0, 0.05) is 12.8 Å². The monoisotopic (exact) mass is 750 g/mol. The molecule has 300 valence electrons. The second kappa shape index (κ2) is 29.8. The molecule has 2 unspecified atom stereocenters. The van der Waals surface area contributed by atoms with Crippen molar-refractivity contribution in [3.8, 4) is 0 Å². The Labute approximate surface area is 307 Å². The highest BCUT2D eigenvalue weighted by Crippen LogP contribution is 2.24. The summed E-state index contributed by atoms with van der Waals surface area (Å²) in [6.07, 6.45) is 18.6. The van der Waals surface area contributed by atoms with Gasteiger partial charge in [0.05, 0.1) is 6.61 Å². The molecule has 6 atom stereocenters.